The van der Waals surface area contributed by atoms with E-state index in [2.05, 4.69) is 58.9 Å². The molecule has 0 amide bonds. The molecule has 2 nitrogen and oxygen atoms in total. The van der Waals surface area contributed by atoms with E-state index in [1.807, 2.05) is 11.3 Å². The van der Waals surface area contributed by atoms with Gasteiger partial charge in [0, 0.05) is 18.0 Å². The lowest BCUT2D eigenvalue weighted by Gasteiger charge is -2.38. The largest absolute Gasteiger partial charge is 0.363 e. The molecule has 0 unspecified atom stereocenters. The number of thiophene rings is 1. The van der Waals surface area contributed by atoms with Gasteiger partial charge < -0.3 is 10.2 Å². The van der Waals surface area contributed by atoms with Gasteiger partial charge in [0.15, 0.2) is 5.11 Å². The molecular formula is C16H18N2S2. The molecule has 0 saturated heterocycles. The fourth-order valence-corrected chi connectivity index (χ4v) is 4.03. The average molecular weight is 302 g/mol. The lowest BCUT2D eigenvalue weighted by molar-refractivity contribution is 0.337. The third-order valence-corrected chi connectivity index (χ3v) is 5.05. The maximum atomic E-state index is 5.57. The van der Waals surface area contributed by atoms with Crippen molar-refractivity contribution in [1.29, 1.82) is 0 Å². The van der Waals surface area contributed by atoms with E-state index in [0.717, 1.165) is 24.6 Å². The zero-order chi connectivity index (χ0) is 13.9. The van der Waals surface area contributed by atoms with Crippen molar-refractivity contribution in [3.05, 3.63) is 57.8 Å². The minimum Gasteiger partial charge on any atom is -0.363 e. The van der Waals surface area contributed by atoms with Gasteiger partial charge in [0.05, 0.1) is 6.04 Å². The first-order valence-electron chi connectivity index (χ1n) is 6.97. The fraction of sp³-hybridized carbons (Fsp3) is 0.312. The van der Waals surface area contributed by atoms with E-state index in [9.17, 15) is 0 Å². The second-order valence-corrected chi connectivity index (χ2v) is 6.28. The Hall–Kier alpha value is -1.39. The first-order chi connectivity index (χ1) is 9.81. The standard InChI is InChI=1S/C16H18N2S2/c1-2-17-16(19)18-10-8-14-13(9-11-20-14)15(18)12-6-4-3-5-7-12/h3-7,9,11,15H,2,8,10H2,1H3,(H,17,19)/t15-/m1/s1. The first-order valence-corrected chi connectivity index (χ1v) is 8.25. The summed E-state index contributed by atoms with van der Waals surface area (Å²) in [5.74, 6) is 0. The maximum Gasteiger partial charge on any atom is 0.169 e. The second-order valence-electron chi connectivity index (χ2n) is 4.89. The van der Waals surface area contributed by atoms with E-state index < -0.39 is 0 Å². The highest BCUT2D eigenvalue weighted by molar-refractivity contribution is 7.80. The van der Waals surface area contributed by atoms with Gasteiger partial charge in [-0.05, 0) is 48.1 Å². The highest BCUT2D eigenvalue weighted by atomic mass is 32.1. The van der Waals surface area contributed by atoms with E-state index in [0.29, 0.717) is 0 Å². The molecule has 0 fully saturated rings. The van der Waals surface area contributed by atoms with Gasteiger partial charge in [-0.3, -0.25) is 0 Å². The van der Waals surface area contributed by atoms with E-state index in [4.69, 9.17) is 12.2 Å². The van der Waals surface area contributed by atoms with Crippen LogP contribution >= 0.6 is 23.6 Å². The Morgan fingerprint density at radius 3 is 2.90 bits per heavy atom. The number of nitrogens with zero attached hydrogens (tertiary/aromatic N) is 1. The highest BCUT2D eigenvalue weighted by Crippen LogP contribution is 2.37. The summed E-state index contributed by atoms with van der Waals surface area (Å²) in [6.07, 6.45) is 1.09. The number of rotatable bonds is 2. The molecule has 0 saturated carbocycles. The lowest BCUT2D eigenvalue weighted by atomic mass is 9.94. The second kappa shape index (κ2) is 5.94. The van der Waals surface area contributed by atoms with Crippen molar-refractivity contribution in [2.75, 3.05) is 13.1 Å². The van der Waals surface area contributed by atoms with Crippen molar-refractivity contribution in [2.45, 2.75) is 19.4 Å². The van der Waals surface area contributed by atoms with Gasteiger partial charge in [-0.15, -0.1) is 11.3 Å². The summed E-state index contributed by atoms with van der Waals surface area (Å²) in [5, 5.41) is 6.35. The van der Waals surface area contributed by atoms with Crippen LogP contribution in [0.1, 0.15) is 29.0 Å². The molecule has 2 aromatic rings. The van der Waals surface area contributed by atoms with Crippen LogP contribution in [-0.4, -0.2) is 23.1 Å². The Morgan fingerprint density at radius 2 is 2.15 bits per heavy atom. The molecule has 1 N–H and O–H groups in total. The molecule has 0 aliphatic carbocycles. The van der Waals surface area contributed by atoms with Crippen LogP contribution in [0.5, 0.6) is 0 Å². The number of thiocarbonyl (C=S) groups is 1. The van der Waals surface area contributed by atoms with Crippen LogP contribution in [0.25, 0.3) is 0 Å². The van der Waals surface area contributed by atoms with Crippen LogP contribution in [0.3, 0.4) is 0 Å². The van der Waals surface area contributed by atoms with Gasteiger partial charge in [-0.1, -0.05) is 30.3 Å². The zero-order valence-electron chi connectivity index (χ0n) is 11.5. The quantitative estimate of drug-likeness (QED) is 0.854. The molecule has 1 aromatic carbocycles. The number of nitrogens with one attached hydrogen (secondary N) is 1. The van der Waals surface area contributed by atoms with Crippen molar-refractivity contribution in [2.24, 2.45) is 0 Å². The SMILES string of the molecule is CCNC(=S)N1CCc2sccc2[C@H]1c1ccccc1. The molecule has 0 spiro atoms. The topological polar surface area (TPSA) is 15.3 Å². The van der Waals surface area contributed by atoms with Gasteiger partial charge in [0.2, 0.25) is 0 Å². The highest BCUT2D eigenvalue weighted by Gasteiger charge is 2.30. The number of fused-ring (bicyclic) bond motifs is 1. The summed E-state index contributed by atoms with van der Waals surface area (Å²) >= 11 is 7.43. The fourth-order valence-electron chi connectivity index (χ4n) is 2.78. The van der Waals surface area contributed by atoms with Crippen molar-refractivity contribution in [1.82, 2.24) is 10.2 Å². The van der Waals surface area contributed by atoms with Crippen molar-refractivity contribution in [3.8, 4) is 0 Å². The summed E-state index contributed by atoms with van der Waals surface area (Å²) < 4.78 is 0. The predicted octanol–water partition coefficient (Wildman–Crippen LogP) is 3.59. The van der Waals surface area contributed by atoms with E-state index in [-0.39, 0.29) is 6.04 Å². The maximum absolute atomic E-state index is 5.57. The average Bonchev–Trinajstić information content (AvgIpc) is 2.95. The molecule has 4 heteroatoms. The van der Waals surface area contributed by atoms with Crippen molar-refractivity contribution < 1.29 is 0 Å². The molecule has 1 aromatic heterocycles. The van der Waals surface area contributed by atoms with Gasteiger partial charge in [-0.2, -0.15) is 0 Å². The summed E-state index contributed by atoms with van der Waals surface area (Å²) in [7, 11) is 0. The summed E-state index contributed by atoms with van der Waals surface area (Å²) in [6, 6.07) is 13.1. The van der Waals surface area contributed by atoms with Gasteiger partial charge >= 0.3 is 0 Å². The van der Waals surface area contributed by atoms with Crippen LogP contribution in [0.15, 0.2) is 41.8 Å². The number of benzene rings is 1. The normalized spacial score (nSPS) is 17.6. The Kier molecular flexibility index (Phi) is 4.03. The zero-order valence-corrected chi connectivity index (χ0v) is 13.1. The summed E-state index contributed by atoms with van der Waals surface area (Å²) in [5.41, 5.74) is 2.72. The molecule has 0 radical (unpaired) electrons. The van der Waals surface area contributed by atoms with E-state index in [1.54, 1.807) is 0 Å². The molecule has 3 rings (SSSR count). The Morgan fingerprint density at radius 1 is 1.35 bits per heavy atom. The molecule has 20 heavy (non-hydrogen) atoms. The van der Waals surface area contributed by atoms with Crippen LogP contribution in [0, 0.1) is 0 Å². The Bertz CT molecular complexity index is 592. The molecule has 1 aliphatic rings. The molecule has 1 atom stereocenters. The molecule has 2 heterocycles. The number of hydrogen-bond acceptors (Lipinski definition) is 2. The van der Waals surface area contributed by atoms with Gasteiger partial charge in [-0.25, -0.2) is 0 Å². The third-order valence-electron chi connectivity index (χ3n) is 3.67. The van der Waals surface area contributed by atoms with E-state index in [1.165, 1.54) is 16.0 Å². The van der Waals surface area contributed by atoms with Crippen LogP contribution in [0.4, 0.5) is 0 Å². The van der Waals surface area contributed by atoms with Crippen molar-refractivity contribution >= 4 is 28.7 Å². The van der Waals surface area contributed by atoms with Gasteiger partial charge in [0.1, 0.15) is 0 Å². The van der Waals surface area contributed by atoms with Crippen molar-refractivity contribution in [3.63, 3.8) is 0 Å². The smallest absolute Gasteiger partial charge is 0.169 e. The molecule has 1 aliphatic heterocycles. The molecular weight excluding hydrogens is 284 g/mol. The summed E-state index contributed by atoms with van der Waals surface area (Å²) in [6.45, 7) is 3.94. The molecule has 0 bridgehead atoms. The minimum absolute atomic E-state index is 0.248. The van der Waals surface area contributed by atoms with Gasteiger partial charge in [0.25, 0.3) is 0 Å². The van der Waals surface area contributed by atoms with E-state index >= 15 is 0 Å². The number of hydrogen-bond donors (Lipinski definition) is 1. The van der Waals surface area contributed by atoms with Crippen LogP contribution in [-0.2, 0) is 6.42 Å². The first kappa shape index (κ1) is 13.6. The summed E-state index contributed by atoms with van der Waals surface area (Å²) in [4.78, 5) is 3.82. The third kappa shape index (κ3) is 2.45. The molecule has 104 valence electrons. The van der Waals surface area contributed by atoms with Crippen LogP contribution < -0.4 is 5.32 Å². The Balaban J connectivity index is 2.01. The monoisotopic (exact) mass is 302 g/mol. The predicted molar refractivity (Wildman–Crippen MR) is 89.3 cm³/mol. The van der Waals surface area contributed by atoms with Crippen LogP contribution in [0.2, 0.25) is 0 Å². The minimum atomic E-state index is 0.248. The Labute approximate surface area is 129 Å². The lowest BCUT2D eigenvalue weighted by Crippen LogP contribution is -2.45.